The van der Waals surface area contributed by atoms with Gasteiger partial charge >= 0.3 is 0 Å². The van der Waals surface area contributed by atoms with Gasteiger partial charge < -0.3 is 5.11 Å². The molecule has 0 spiro atoms. The first-order chi connectivity index (χ1) is 9.00. The average Bonchev–Trinajstić information content (AvgIpc) is 2.37. The zero-order valence-corrected chi connectivity index (χ0v) is 10.8. The van der Waals surface area contributed by atoms with Gasteiger partial charge in [-0.1, -0.05) is 30.3 Å². The van der Waals surface area contributed by atoms with Gasteiger partial charge in [-0.25, -0.2) is 0 Å². The lowest BCUT2D eigenvalue weighted by molar-refractivity contribution is -0.386. The minimum Gasteiger partial charge on any atom is -0.383 e. The summed E-state index contributed by atoms with van der Waals surface area (Å²) in [5, 5.41) is 21.6. The number of aryl methyl sites for hydroxylation is 2. The van der Waals surface area contributed by atoms with Crippen LogP contribution in [0.2, 0.25) is 0 Å². The van der Waals surface area contributed by atoms with E-state index in [2.05, 4.69) is 0 Å². The minimum absolute atomic E-state index is 0.0121. The lowest BCUT2D eigenvalue weighted by Gasteiger charge is -2.14. The molecule has 19 heavy (non-hydrogen) atoms. The fraction of sp³-hybridized carbons (Fsp3) is 0.200. The second-order valence-electron chi connectivity index (χ2n) is 4.59. The van der Waals surface area contributed by atoms with Crippen molar-refractivity contribution in [1.29, 1.82) is 0 Å². The number of nitro groups is 1. The maximum absolute atomic E-state index is 11.2. The average molecular weight is 257 g/mol. The van der Waals surface area contributed by atoms with Gasteiger partial charge in [-0.2, -0.15) is 0 Å². The van der Waals surface area contributed by atoms with Gasteiger partial charge in [0.15, 0.2) is 0 Å². The lowest BCUT2D eigenvalue weighted by atomic mass is 9.96. The van der Waals surface area contributed by atoms with E-state index in [4.69, 9.17) is 0 Å². The topological polar surface area (TPSA) is 63.4 Å². The highest BCUT2D eigenvalue weighted by Crippen LogP contribution is 2.33. The second-order valence-corrected chi connectivity index (χ2v) is 4.59. The second kappa shape index (κ2) is 5.20. The normalized spacial score (nSPS) is 12.2. The van der Waals surface area contributed by atoms with E-state index in [9.17, 15) is 15.2 Å². The largest absolute Gasteiger partial charge is 0.383 e. The molecule has 0 amide bonds. The van der Waals surface area contributed by atoms with Crippen LogP contribution < -0.4 is 0 Å². The van der Waals surface area contributed by atoms with Gasteiger partial charge in [0.25, 0.3) is 5.69 Å². The van der Waals surface area contributed by atoms with Gasteiger partial charge in [0.1, 0.15) is 6.10 Å². The zero-order valence-electron chi connectivity index (χ0n) is 10.8. The molecular formula is C15H15NO3. The summed E-state index contributed by atoms with van der Waals surface area (Å²) in [6.07, 6.45) is -0.986. The molecule has 2 rings (SSSR count). The molecule has 0 radical (unpaired) electrons. The smallest absolute Gasteiger partial charge is 0.278 e. The van der Waals surface area contributed by atoms with Crippen molar-refractivity contribution in [3.8, 4) is 0 Å². The van der Waals surface area contributed by atoms with Gasteiger partial charge in [0.05, 0.1) is 10.5 Å². The molecule has 0 aliphatic rings. The van der Waals surface area contributed by atoms with Crippen LogP contribution in [0.5, 0.6) is 0 Å². The van der Waals surface area contributed by atoms with Crippen molar-refractivity contribution in [1.82, 2.24) is 0 Å². The molecule has 0 aromatic heterocycles. The molecule has 1 atom stereocenters. The fourth-order valence-corrected chi connectivity index (χ4v) is 2.27. The number of rotatable bonds is 3. The van der Waals surface area contributed by atoms with Crippen LogP contribution in [0, 0.1) is 24.0 Å². The van der Waals surface area contributed by atoms with Crippen molar-refractivity contribution in [3.05, 3.63) is 74.8 Å². The summed E-state index contributed by atoms with van der Waals surface area (Å²) in [5.74, 6) is 0. The van der Waals surface area contributed by atoms with Crippen LogP contribution in [-0.2, 0) is 0 Å². The molecule has 0 saturated carbocycles. The summed E-state index contributed by atoms with van der Waals surface area (Å²) in [7, 11) is 0. The molecule has 98 valence electrons. The van der Waals surface area contributed by atoms with E-state index in [0.717, 1.165) is 5.56 Å². The van der Waals surface area contributed by atoms with Crippen LogP contribution in [0.4, 0.5) is 5.69 Å². The summed E-state index contributed by atoms with van der Waals surface area (Å²) in [5.41, 5.74) is 2.44. The van der Waals surface area contributed by atoms with E-state index in [1.54, 1.807) is 43.3 Å². The SMILES string of the molecule is Cc1cc(C)c([N+](=O)[O-])c(C(O)c2ccccc2)c1. The van der Waals surface area contributed by atoms with E-state index >= 15 is 0 Å². The summed E-state index contributed by atoms with van der Waals surface area (Å²) < 4.78 is 0. The number of aliphatic hydroxyl groups is 1. The Bertz CT molecular complexity index is 608. The Morgan fingerprint density at radius 3 is 2.37 bits per heavy atom. The Hall–Kier alpha value is -2.20. The molecule has 1 unspecified atom stereocenters. The first-order valence-electron chi connectivity index (χ1n) is 5.99. The number of hydrogen-bond donors (Lipinski definition) is 1. The molecule has 2 aromatic rings. The summed E-state index contributed by atoms with van der Waals surface area (Å²) in [4.78, 5) is 10.7. The van der Waals surface area contributed by atoms with Crippen LogP contribution in [0.1, 0.15) is 28.4 Å². The number of nitrogens with zero attached hydrogens (tertiary/aromatic N) is 1. The first-order valence-corrected chi connectivity index (χ1v) is 5.99. The van der Waals surface area contributed by atoms with Crippen LogP contribution in [-0.4, -0.2) is 10.0 Å². The predicted molar refractivity (Wildman–Crippen MR) is 73.1 cm³/mol. The summed E-state index contributed by atoms with van der Waals surface area (Å²) >= 11 is 0. The van der Waals surface area contributed by atoms with Crippen molar-refractivity contribution in [2.75, 3.05) is 0 Å². The van der Waals surface area contributed by atoms with Crippen molar-refractivity contribution < 1.29 is 10.0 Å². The minimum atomic E-state index is -0.986. The highest BCUT2D eigenvalue weighted by molar-refractivity contribution is 5.52. The van der Waals surface area contributed by atoms with Crippen molar-refractivity contribution in [2.24, 2.45) is 0 Å². The van der Waals surface area contributed by atoms with Gasteiger partial charge in [-0.15, -0.1) is 0 Å². The molecule has 0 aliphatic heterocycles. The molecule has 0 bridgehead atoms. The molecule has 2 aromatic carbocycles. The van der Waals surface area contributed by atoms with E-state index in [-0.39, 0.29) is 5.69 Å². The Labute approximate surface area is 111 Å². The maximum atomic E-state index is 11.2. The molecule has 0 heterocycles. The van der Waals surface area contributed by atoms with Gasteiger partial charge in [-0.3, -0.25) is 10.1 Å². The molecular weight excluding hydrogens is 242 g/mol. The molecule has 4 heteroatoms. The van der Waals surface area contributed by atoms with Crippen molar-refractivity contribution in [2.45, 2.75) is 20.0 Å². The first kappa shape index (κ1) is 13.2. The predicted octanol–water partition coefficient (Wildman–Crippen LogP) is 3.29. The Balaban J connectivity index is 2.58. The molecule has 0 saturated heterocycles. The number of nitro benzene ring substituents is 1. The highest BCUT2D eigenvalue weighted by Gasteiger charge is 2.24. The fourth-order valence-electron chi connectivity index (χ4n) is 2.27. The van der Waals surface area contributed by atoms with Gasteiger partial charge in [-0.05, 0) is 37.1 Å². The van der Waals surface area contributed by atoms with Crippen LogP contribution >= 0.6 is 0 Å². The third-order valence-corrected chi connectivity index (χ3v) is 3.07. The van der Waals surface area contributed by atoms with Gasteiger partial charge in [0, 0.05) is 5.56 Å². The third-order valence-electron chi connectivity index (χ3n) is 3.07. The molecule has 0 fully saturated rings. The van der Waals surface area contributed by atoms with E-state index in [1.165, 1.54) is 0 Å². The highest BCUT2D eigenvalue weighted by atomic mass is 16.6. The Kier molecular flexibility index (Phi) is 3.62. The summed E-state index contributed by atoms with van der Waals surface area (Å²) in [6, 6.07) is 12.4. The van der Waals surface area contributed by atoms with Crippen LogP contribution in [0.15, 0.2) is 42.5 Å². The monoisotopic (exact) mass is 257 g/mol. The van der Waals surface area contributed by atoms with Crippen molar-refractivity contribution >= 4 is 5.69 Å². The molecule has 4 nitrogen and oxygen atoms in total. The Morgan fingerprint density at radius 2 is 1.79 bits per heavy atom. The number of benzene rings is 2. The third kappa shape index (κ3) is 2.63. The standard InChI is InChI=1S/C15H15NO3/c1-10-8-11(2)14(16(18)19)13(9-10)15(17)12-6-4-3-5-7-12/h3-9,15,17H,1-2H3. The number of aliphatic hydroxyl groups excluding tert-OH is 1. The van der Waals surface area contributed by atoms with E-state index < -0.39 is 11.0 Å². The van der Waals surface area contributed by atoms with E-state index in [0.29, 0.717) is 16.7 Å². The molecule has 0 aliphatic carbocycles. The maximum Gasteiger partial charge on any atom is 0.278 e. The number of hydrogen-bond acceptors (Lipinski definition) is 3. The molecule has 1 N–H and O–H groups in total. The summed E-state index contributed by atoms with van der Waals surface area (Å²) in [6.45, 7) is 3.55. The van der Waals surface area contributed by atoms with Crippen molar-refractivity contribution in [3.63, 3.8) is 0 Å². The lowest BCUT2D eigenvalue weighted by Crippen LogP contribution is -2.06. The van der Waals surface area contributed by atoms with Gasteiger partial charge in [0.2, 0.25) is 0 Å². The van der Waals surface area contributed by atoms with E-state index in [1.807, 2.05) is 13.0 Å². The van der Waals surface area contributed by atoms with Crippen LogP contribution in [0.3, 0.4) is 0 Å². The zero-order chi connectivity index (χ0) is 14.0. The quantitative estimate of drug-likeness (QED) is 0.677. The van der Waals surface area contributed by atoms with Crippen LogP contribution in [0.25, 0.3) is 0 Å². The Morgan fingerprint density at radius 1 is 1.16 bits per heavy atom.